The van der Waals surface area contributed by atoms with E-state index in [1.165, 1.54) is 0 Å². The molecular formula is C19H15BrN2O3. The van der Waals surface area contributed by atoms with Crippen LogP contribution >= 0.6 is 15.9 Å². The van der Waals surface area contributed by atoms with Crippen molar-refractivity contribution < 1.29 is 14.4 Å². The first-order valence-corrected chi connectivity index (χ1v) is 8.82. The van der Waals surface area contributed by atoms with Crippen molar-refractivity contribution in [1.29, 1.82) is 0 Å². The molecule has 2 aromatic rings. The molecule has 1 N–H and O–H groups in total. The molecule has 4 rings (SSSR count). The van der Waals surface area contributed by atoms with Gasteiger partial charge in [-0.05, 0) is 36.1 Å². The van der Waals surface area contributed by atoms with Gasteiger partial charge in [0.15, 0.2) is 5.78 Å². The summed E-state index contributed by atoms with van der Waals surface area (Å²) >= 11 is 3.32. The summed E-state index contributed by atoms with van der Waals surface area (Å²) in [5.74, 6) is -0.604. The van der Waals surface area contributed by atoms with Crippen molar-refractivity contribution in [2.24, 2.45) is 0 Å². The number of imide groups is 1. The largest absolute Gasteiger partial charge is 0.325 e. The fourth-order valence-electron chi connectivity index (χ4n) is 3.60. The molecule has 1 fully saturated rings. The smallest absolute Gasteiger partial charge is 0.319 e. The number of fused-ring (bicyclic) bond motifs is 2. The molecule has 126 valence electrons. The Bertz CT molecular complexity index is 894. The molecule has 6 heteroatoms. The minimum atomic E-state index is -1.02. The maximum atomic E-state index is 13.0. The van der Waals surface area contributed by atoms with Gasteiger partial charge in [-0.15, -0.1) is 0 Å². The number of rotatable bonds is 3. The summed E-state index contributed by atoms with van der Waals surface area (Å²) in [5, 5.41) is 2.83. The molecule has 3 amide bonds. The minimum absolute atomic E-state index is 0.254. The van der Waals surface area contributed by atoms with Gasteiger partial charge in [-0.1, -0.05) is 52.3 Å². The van der Waals surface area contributed by atoms with Crippen LogP contribution in [0.25, 0.3) is 0 Å². The lowest BCUT2D eigenvalue weighted by atomic mass is 9.92. The van der Waals surface area contributed by atoms with Gasteiger partial charge in [-0.2, -0.15) is 0 Å². The van der Waals surface area contributed by atoms with Crippen molar-refractivity contribution >= 4 is 33.7 Å². The number of aryl methyl sites for hydroxylation is 1. The van der Waals surface area contributed by atoms with E-state index in [0.717, 1.165) is 26.9 Å². The SMILES string of the molecule is O=C(CN1C(=O)N[C@@]2(CCc3ccccc32)C1=O)c1ccc(Br)cc1. The number of urea groups is 1. The second-order valence-corrected chi connectivity index (χ2v) is 7.23. The molecule has 0 unspecified atom stereocenters. The monoisotopic (exact) mass is 398 g/mol. The number of hydrogen-bond acceptors (Lipinski definition) is 3. The zero-order valence-corrected chi connectivity index (χ0v) is 14.9. The summed E-state index contributed by atoms with van der Waals surface area (Å²) in [7, 11) is 0. The Morgan fingerprint density at radius 3 is 2.60 bits per heavy atom. The maximum absolute atomic E-state index is 13.0. The molecule has 5 nitrogen and oxygen atoms in total. The third-order valence-electron chi connectivity index (χ3n) is 4.89. The predicted octanol–water partition coefficient (Wildman–Crippen LogP) is 3.03. The first kappa shape index (κ1) is 16.0. The van der Waals surface area contributed by atoms with Gasteiger partial charge in [0, 0.05) is 10.0 Å². The van der Waals surface area contributed by atoms with Crippen molar-refractivity contribution in [3.63, 3.8) is 0 Å². The molecule has 1 atom stereocenters. The van der Waals surface area contributed by atoms with E-state index in [4.69, 9.17) is 0 Å². The highest BCUT2D eigenvalue weighted by atomic mass is 79.9. The number of nitrogens with zero attached hydrogens (tertiary/aromatic N) is 1. The van der Waals surface area contributed by atoms with E-state index >= 15 is 0 Å². The summed E-state index contributed by atoms with van der Waals surface area (Å²) in [6, 6.07) is 14.0. The van der Waals surface area contributed by atoms with Crippen LogP contribution in [0.3, 0.4) is 0 Å². The van der Waals surface area contributed by atoms with Crippen LogP contribution in [0.2, 0.25) is 0 Å². The number of Topliss-reactive ketones (excluding diaryl/α,β-unsaturated/α-hetero) is 1. The molecule has 2 aliphatic rings. The average molecular weight is 399 g/mol. The number of hydrogen-bond donors (Lipinski definition) is 1. The lowest BCUT2D eigenvalue weighted by molar-refractivity contribution is -0.131. The summed E-state index contributed by atoms with van der Waals surface area (Å²) in [4.78, 5) is 38.9. The molecule has 0 saturated carbocycles. The summed E-state index contributed by atoms with van der Waals surface area (Å²) in [6.45, 7) is -0.254. The number of nitrogens with one attached hydrogen (secondary N) is 1. The van der Waals surface area contributed by atoms with E-state index in [-0.39, 0.29) is 18.2 Å². The number of carbonyl (C=O) groups is 3. The summed E-state index contributed by atoms with van der Waals surface area (Å²) in [6.07, 6.45) is 1.26. The predicted molar refractivity (Wildman–Crippen MR) is 95.2 cm³/mol. The third-order valence-corrected chi connectivity index (χ3v) is 5.42. The highest BCUT2D eigenvalue weighted by molar-refractivity contribution is 9.10. The second-order valence-electron chi connectivity index (χ2n) is 6.31. The first-order chi connectivity index (χ1) is 12.0. The Hall–Kier alpha value is -2.47. The van der Waals surface area contributed by atoms with Crippen LogP contribution in [0.1, 0.15) is 27.9 Å². The summed E-state index contributed by atoms with van der Waals surface area (Å²) in [5.41, 5.74) is 1.36. The van der Waals surface area contributed by atoms with E-state index in [0.29, 0.717) is 12.0 Å². The fraction of sp³-hybridized carbons (Fsp3) is 0.211. The molecule has 1 aliphatic heterocycles. The fourth-order valence-corrected chi connectivity index (χ4v) is 3.87. The molecule has 0 aromatic heterocycles. The molecule has 25 heavy (non-hydrogen) atoms. The van der Waals surface area contributed by atoms with Gasteiger partial charge in [-0.25, -0.2) is 4.79 Å². The Labute approximate surface area is 153 Å². The van der Waals surface area contributed by atoms with Crippen LogP contribution < -0.4 is 5.32 Å². The second kappa shape index (κ2) is 5.81. The number of ketones is 1. The van der Waals surface area contributed by atoms with E-state index in [2.05, 4.69) is 21.2 Å². The van der Waals surface area contributed by atoms with Crippen molar-refractivity contribution in [1.82, 2.24) is 10.2 Å². The Morgan fingerprint density at radius 2 is 1.84 bits per heavy atom. The van der Waals surface area contributed by atoms with Crippen molar-refractivity contribution in [3.8, 4) is 0 Å². The molecular weight excluding hydrogens is 384 g/mol. The van der Waals surface area contributed by atoms with Gasteiger partial charge in [-0.3, -0.25) is 14.5 Å². The van der Waals surface area contributed by atoms with Gasteiger partial charge >= 0.3 is 6.03 Å². The Kier molecular flexibility index (Phi) is 3.72. The van der Waals surface area contributed by atoms with Gasteiger partial charge < -0.3 is 5.32 Å². The Morgan fingerprint density at radius 1 is 1.12 bits per heavy atom. The number of carbonyl (C=O) groups excluding carboxylic acids is 3. The highest BCUT2D eigenvalue weighted by Crippen LogP contribution is 2.41. The van der Waals surface area contributed by atoms with Gasteiger partial charge in [0.2, 0.25) is 0 Å². The topological polar surface area (TPSA) is 66.5 Å². The number of amides is 3. The van der Waals surface area contributed by atoms with Gasteiger partial charge in [0.05, 0.1) is 6.54 Å². The maximum Gasteiger partial charge on any atom is 0.325 e. The average Bonchev–Trinajstić information content (AvgIpc) is 3.09. The van der Waals surface area contributed by atoms with Crippen LogP contribution in [0.4, 0.5) is 4.79 Å². The summed E-state index contributed by atoms with van der Waals surface area (Å²) < 4.78 is 0.862. The van der Waals surface area contributed by atoms with Crippen LogP contribution in [0.5, 0.6) is 0 Å². The lowest BCUT2D eigenvalue weighted by Crippen LogP contribution is -2.42. The molecule has 1 aliphatic carbocycles. The van der Waals surface area contributed by atoms with Crippen LogP contribution in [0.15, 0.2) is 53.0 Å². The van der Waals surface area contributed by atoms with E-state index < -0.39 is 11.6 Å². The highest BCUT2D eigenvalue weighted by Gasteiger charge is 2.55. The zero-order chi connectivity index (χ0) is 17.6. The van der Waals surface area contributed by atoms with Crippen LogP contribution in [0, 0.1) is 0 Å². The molecule has 0 radical (unpaired) electrons. The zero-order valence-electron chi connectivity index (χ0n) is 13.3. The quantitative estimate of drug-likeness (QED) is 0.638. The lowest BCUT2D eigenvalue weighted by Gasteiger charge is -2.22. The van der Waals surface area contributed by atoms with Crippen molar-refractivity contribution in [2.45, 2.75) is 18.4 Å². The van der Waals surface area contributed by atoms with Crippen LogP contribution in [-0.4, -0.2) is 29.2 Å². The third kappa shape index (κ3) is 2.48. The molecule has 1 heterocycles. The normalized spacial score (nSPS) is 21.6. The van der Waals surface area contributed by atoms with Crippen molar-refractivity contribution in [3.05, 3.63) is 69.7 Å². The number of benzene rings is 2. The first-order valence-electron chi connectivity index (χ1n) is 8.02. The number of halogens is 1. The molecule has 0 bridgehead atoms. The van der Waals surface area contributed by atoms with Crippen molar-refractivity contribution in [2.75, 3.05) is 6.54 Å². The standard InChI is InChI=1S/C19H15BrN2O3/c20-14-7-5-13(6-8-14)16(23)11-22-17(24)19(21-18(22)25)10-9-12-3-1-2-4-15(12)19/h1-8H,9-11H2,(H,21,25)/t19-/m1/s1. The molecule has 2 aromatic carbocycles. The van der Waals surface area contributed by atoms with Crippen LogP contribution in [-0.2, 0) is 16.8 Å². The van der Waals surface area contributed by atoms with Gasteiger partial charge in [0.25, 0.3) is 5.91 Å². The molecule has 1 spiro atoms. The van der Waals surface area contributed by atoms with Gasteiger partial charge in [0.1, 0.15) is 5.54 Å². The minimum Gasteiger partial charge on any atom is -0.319 e. The van der Waals surface area contributed by atoms with E-state index in [1.54, 1.807) is 24.3 Å². The van der Waals surface area contributed by atoms with E-state index in [9.17, 15) is 14.4 Å². The molecule has 1 saturated heterocycles. The van der Waals surface area contributed by atoms with E-state index in [1.807, 2.05) is 24.3 Å². The Balaban J connectivity index is 1.61.